The molecule has 0 spiro atoms. The molecule has 3 heteroatoms. The Morgan fingerprint density at radius 3 is 2.75 bits per heavy atom. The molecule has 0 radical (unpaired) electrons. The standard InChI is InChI=1S/C13H10BrNO/c1-9-5-7-10(8-6-9)13(16)11-3-2-4-12(14)15-11/h2-8H,1H3/i1D3,5D,6D,7D,8D. The molecule has 80 valence electrons. The summed E-state index contributed by atoms with van der Waals surface area (Å²) in [4.78, 5) is 16.4. The fourth-order valence-electron chi connectivity index (χ4n) is 1.09. The molecule has 16 heavy (non-hydrogen) atoms. The Labute approximate surface area is 112 Å². The smallest absolute Gasteiger partial charge is 0.211 e. The third-order valence-corrected chi connectivity index (χ3v) is 2.24. The molecule has 0 N–H and O–H groups in total. The number of hydrogen-bond acceptors (Lipinski definition) is 2. The molecule has 2 rings (SSSR count). The normalized spacial score (nSPS) is 17.2. The molecule has 0 unspecified atom stereocenters. The van der Waals surface area contributed by atoms with E-state index in [0.717, 1.165) is 0 Å². The highest BCUT2D eigenvalue weighted by molar-refractivity contribution is 9.10. The molecule has 0 aliphatic rings. The van der Waals surface area contributed by atoms with E-state index < -0.39 is 47.9 Å². The first-order chi connectivity index (χ1) is 10.6. The van der Waals surface area contributed by atoms with Crippen molar-refractivity contribution < 1.29 is 14.4 Å². The third-order valence-electron chi connectivity index (χ3n) is 1.80. The Morgan fingerprint density at radius 1 is 1.38 bits per heavy atom. The number of carbonyl (C=O) groups excluding carboxylic acids is 1. The highest BCUT2D eigenvalue weighted by atomic mass is 79.9. The second-order valence-electron chi connectivity index (χ2n) is 2.92. The molecule has 0 fully saturated rings. The van der Waals surface area contributed by atoms with E-state index in [9.17, 15) is 4.79 Å². The van der Waals surface area contributed by atoms with Crippen LogP contribution in [-0.2, 0) is 0 Å². The van der Waals surface area contributed by atoms with Crippen LogP contribution in [0.1, 0.15) is 31.2 Å². The van der Waals surface area contributed by atoms with E-state index in [2.05, 4.69) is 20.9 Å². The van der Waals surface area contributed by atoms with Gasteiger partial charge in [-0.2, -0.15) is 0 Å². The lowest BCUT2D eigenvalue weighted by molar-refractivity contribution is 0.103. The summed E-state index contributed by atoms with van der Waals surface area (Å²) in [7, 11) is 0. The highest BCUT2D eigenvalue weighted by Crippen LogP contribution is 2.12. The topological polar surface area (TPSA) is 30.0 Å². The van der Waals surface area contributed by atoms with Gasteiger partial charge in [0.25, 0.3) is 0 Å². The predicted molar refractivity (Wildman–Crippen MR) is 66.5 cm³/mol. The average molecular weight is 283 g/mol. The van der Waals surface area contributed by atoms with Gasteiger partial charge in [0.05, 0.1) is 5.48 Å². The number of rotatable bonds is 2. The monoisotopic (exact) mass is 282 g/mol. The fraction of sp³-hybridized carbons (Fsp3) is 0.0769. The summed E-state index contributed by atoms with van der Waals surface area (Å²) in [6, 6.07) is 1.62. The van der Waals surface area contributed by atoms with Gasteiger partial charge in [-0.1, -0.05) is 35.8 Å². The van der Waals surface area contributed by atoms with Crippen LogP contribution >= 0.6 is 15.9 Å². The molecule has 0 aliphatic carbocycles. The van der Waals surface area contributed by atoms with Gasteiger partial charge in [-0.25, -0.2) is 4.98 Å². The van der Waals surface area contributed by atoms with Gasteiger partial charge < -0.3 is 0 Å². The van der Waals surface area contributed by atoms with Gasteiger partial charge in [-0.15, -0.1) is 0 Å². The summed E-state index contributed by atoms with van der Waals surface area (Å²) in [6.45, 7) is -2.81. The molecule has 0 atom stereocenters. The van der Waals surface area contributed by atoms with Crippen molar-refractivity contribution in [1.29, 1.82) is 0 Å². The van der Waals surface area contributed by atoms with E-state index in [1.165, 1.54) is 12.1 Å². The van der Waals surface area contributed by atoms with E-state index in [1.807, 2.05) is 0 Å². The number of halogens is 1. The van der Waals surface area contributed by atoms with Crippen molar-refractivity contribution in [3.8, 4) is 0 Å². The minimum atomic E-state index is -2.81. The Hall–Kier alpha value is -1.48. The number of ketones is 1. The highest BCUT2D eigenvalue weighted by Gasteiger charge is 2.09. The van der Waals surface area contributed by atoms with Crippen molar-refractivity contribution in [3.05, 3.63) is 63.8 Å². The van der Waals surface area contributed by atoms with Crippen LogP contribution in [0.25, 0.3) is 0 Å². The number of nitrogens with zero attached hydrogens (tertiary/aromatic N) is 1. The molecule has 1 aromatic heterocycles. The van der Waals surface area contributed by atoms with Crippen LogP contribution in [0.5, 0.6) is 0 Å². The number of aromatic nitrogens is 1. The quantitative estimate of drug-likeness (QED) is 0.624. The minimum Gasteiger partial charge on any atom is -0.287 e. The van der Waals surface area contributed by atoms with E-state index in [4.69, 9.17) is 9.60 Å². The average Bonchev–Trinajstić information content (AvgIpc) is 2.44. The number of benzene rings is 1. The maximum absolute atomic E-state index is 12.5. The van der Waals surface area contributed by atoms with Gasteiger partial charge in [-0.05, 0) is 34.9 Å². The number of pyridine rings is 1. The van der Waals surface area contributed by atoms with Crippen LogP contribution in [-0.4, -0.2) is 10.8 Å². The van der Waals surface area contributed by atoms with E-state index >= 15 is 0 Å². The second kappa shape index (κ2) is 4.58. The molecular weight excluding hydrogens is 266 g/mol. The molecule has 0 bridgehead atoms. The summed E-state index contributed by atoms with van der Waals surface area (Å²) in [5.74, 6) is -0.805. The first-order valence-electron chi connectivity index (χ1n) is 7.83. The van der Waals surface area contributed by atoms with Crippen LogP contribution in [0, 0.1) is 6.85 Å². The zero-order valence-corrected chi connectivity index (χ0v) is 9.55. The molecule has 0 saturated carbocycles. The van der Waals surface area contributed by atoms with Crippen LogP contribution in [0.3, 0.4) is 0 Å². The Kier molecular flexibility index (Phi) is 1.50. The second-order valence-corrected chi connectivity index (χ2v) is 3.74. The first kappa shape index (κ1) is 5.23. The summed E-state index contributed by atoms with van der Waals surface area (Å²) in [5, 5.41) is 0. The summed E-state index contributed by atoms with van der Waals surface area (Å²) < 4.78 is 53.8. The van der Waals surface area contributed by atoms with Gasteiger partial charge >= 0.3 is 0 Å². The van der Waals surface area contributed by atoms with Gasteiger partial charge in [0.1, 0.15) is 10.3 Å². The van der Waals surface area contributed by atoms with Gasteiger partial charge in [0.15, 0.2) is 0 Å². The minimum absolute atomic E-state index is 0.0678. The number of carbonyl (C=O) groups is 1. The zero-order chi connectivity index (χ0) is 17.5. The largest absolute Gasteiger partial charge is 0.287 e. The maximum Gasteiger partial charge on any atom is 0.211 e. The van der Waals surface area contributed by atoms with Gasteiger partial charge in [0, 0.05) is 9.68 Å². The van der Waals surface area contributed by atoms with Crippen LogP contribution < -0.4 is 0 Å². The fourth-order valence-corrected chi connectivity index (χ4v) is 1.43. The summed E-state index contributed by atoms with van der Waals surface area (Å²) in [5.41, 5.74) is -1.27. The lowest BCUT2D eigenvalue weighted by Crippen LogP contribution is -2.03. The maximum atomic E-state index is 12.5. The van der Waals surface area contributed by atoms with E-state index in [1.54, 1.807) is 6.07 Å². The summed E-state index contributed by atoms with van der Waals surface area (Å²) >= 11 is 3.10. The van der Waals surface area contributed by atoms with Crippen LogP contribution in [0.2, 0.25) is 0 Å². The molecule has 2 nitrogen and oxygen atoms in total. The molecule has 0 saturated heterocycles. The lowest BCUT2D eigenvalue weighted by atomic mass is 10.1. The molecule has 0 amide bonds. The van der Waals surface area contributed by atoms with Crippen molar-refractivity contribution in [3.63, 3.8) is 0 Å². The third kappa shape index (κ3) is 2.36. The molecule has 1 heterocycles. The lowest BCUT2D eigenvalue weighted by Gasteiger charge is -2.01. The van der Waals surface area contributed by atoms with Crippen molar-refractivity contribution in [2.75, 3.05) is 0 Å². The summed E-state index contributed by atoms with van der Waals surface area (Å²) in [6.07, 6.45) is 0. The number of hydrogen-bond donors (Lipinski definition) is 0. The SMILES string of the molecule is [2H]c1c([2H])c(C([2H])([2H])[2H])c([2H])c([2H])c1C(=O)c1cccc(Br)n1. The Balaban J connectivity index is 2.73. The molecule has 2 aromatic rings. The predicted octanol–water partition coefficient (Wildman–Crippen LogP) is 3.38. The van der Waals surface area contributed by atoms with Crippen LogP contribution in [0.4, 0.5) is 0 Å². The first-order valence-corrected chi connectivity index (χ1v) is 5.13. The van der Waals surface area contributed by atoms with Crippen molar-refractivity contribution in [1.82, 2.24) is 4.98 Å². The van der Waals surface area contributed by atoms with Crippen molar-refractivity contribution >= 4 is 21.7 Å². The van der Waals surface area contributed by atoms with E-state index in [-0.39, 0.29) is 5.69 Å². The molecule has 1 aromatic carbocycles. The Morgan fingerprint density at radius 2 is 2.12 bits per heavy atom. The van der Waals surface area contributed by atoms with Crippen LogP contribution in [0.15, 0.2) is 47.0 Å². The zero-order valence-electron chi connectivity index (χ0n) is 15.0. The molecule has 0 aliphatic heterocycles. The van der Waals surface area contributed by atoms with E-state index in [0.29, 0.717) is 4.60 Å². The Bertz CT molecular complexity index is 775. The van der Waals surface area contributed by atoms with Crippen molar-refractivity contribution in [2.24, 2.45) is 0 Å². The van der Waals surface area contributed by atoms with Crippen molar-refractivity contribution in [2.45, 2.75) is 6.85 Å². The molecular formula is C13H10BrNO. The van der Waals surface area contributed by atoms with Gasteiger partial charge in [-0.3, -0.25) is 4.79 Å². The van der Waals surface area contributed by atoms with Gasteiger partial charge in [0.2, 0.25) is 5.78 Å².